The van der Waals surface area contributed by atoms with Crippen LogP contribution in [0.25, 0.3) is 0 Å². The maximum absolute atomic E-state index is 11.1. The molecule has 0 aliphatic heterocycles. The summed E-state index contributed by atoms with van der Waals surface area (Å²) in [6, 6.07) is 1.73. The summed E-state index contributed by atoms with van der Waals surface area (Å²) < 4.78 is 10.0. The number of rotatable bonds is 4. The first-order valence-electron chi connectivity index (χ1n) is 4.08. The van der Waals surface area contributed by atoms with Gasteiger partial charge in [0.05, 0.1) is 0 Å². The van der Waals surface area contributed by atoms with E-state index in [-0.39, 0.29) is 6.61 Å². The number of nitrogens with zero attached hydrogens (tertiary/aromatic N) is 1. The summed E-state index contributed by atoms with van der Waals surface area (Å²) in [6.07, 6.45) is -0.569. The molecule has 0 radical (unpaired) electrons. The topological polar surface area (TPSA) is 59.3 Å². The van der Waals surface area contributed by atoms with E-state index in [9.17, 15) is 4.79 Å². The molecule has 0 heterocycles. The van der Waals surface area contributed by atoms with Gasteiger partial charge in [-0.1, -0.05) is 0 Å². The average Bonchev–Trinajstić information content (AvgIpc) is 1.96. The molecule has 0 aromatic rings. The van der Waals surface area contributed by atoms with Crippen LogP contribution in [-0.2, 0) is 14.0 Å². The van der Waals surface area contributed by atoms with Crippen LogP contribution in [0.1, 0.15) is 6.92 Å². The van der Waals surface area contributed by atoms with Crippen molar-refractivity contribution < 1.29 is 14.0 Å². The summed E-state index contributed by atoms with van der Waals surface area (Å²) in [6.45, 7) is 7.39. The first-order chi connectivity index (χ1) is 5.87. The van der Waals surface area contributed by atoms with Crippen LogP contribution in [0.15, 0.2) is 0 Å². The second-order valence-corrected chi connectivity index (χ2v) is 8.10. The lowest BCUT2D eigenvalue weighted by Gasteiger charge is -2.21. The fraction of sp³-hybridized carbons (Fsp3) is 0.750. The molecule has 0 rings (SSSR count). The summed E-state index contributed by atoms with van der Waals surface area (Å²) in [5.41, 5.74) is 0. The largest absolute Gasteiger partial charge is 0.448 e. The Morgan fingerprint density at radius 3 is 2.46 bits per heavy atom. The van der Waals surface area contributed by atoms with E-state index in [4.69, 9.17) is 9.69 Å². The number of carbonyl (C=O) groups excluding carboxylic acids is 1. The second-order valence-electron chi connectivity index (χ2n) is 3.64. The van der Waals surface area contributed by atoms with Gasteiger partial charge in [-0.2, -0.15) is 5.26 Å². The van der Waals surface area contributed by atoms with Gasteiger partial charge >= 0.3 is 5.97 Å². The summed E-state index contributed by atoms with van der Waals surface area (Å²) in [5.74, 6) is -0.469. The van der Waals surface area contributed by atoms with E-state index < -0.39 is 20.4 Å². The van der Waals surface area contributed by atoms with Gasteiger partial charge in [-0.15, -0.1) is 0 Å². The third kappa shape index (κ3) is 6.31. The Kier molecular flexibility index (Phi) is 4.66. The van der Waals surface area contributed by atoms with E-state index >= 15 is 0 Å². The van der Waals surface area contributed by atoms with Crippen molar-refractivity contribution in [3.63, 3.8) is 0 Å². The lowest BCUT2D eigenvalue weighted by atomic mass is 10.4. The van der Waals surface area contributed by atoms with Crippen molar-refractivity contribution in [3.05, 3.63) is 0 Å². The minimum atomic E-state index is -1.71. The van der Waals surface area contributed by atoms with Gasteiger partial charge in [-0.25, -0.2) is 4.79 Å². The Labute approximate surface area is 79.6 Å². The van der Waals surface area contributed by atoms with Crippen molar-refractivity contribution in [2.75, 3.05) is 6.61 Å². The number of hydrogen-bond acceptors (Lipinski definition) is 4. The number of esters is 1. The van der Waals surface area contributed by atoms with Crippen molar-refractivity contribution in [1.82, 2.24) is 0 Å². The molecule has 0 aromatic heterocycles. The van der Waals surface area contributed by atoms with Gasteiger partial charge in [0.1, 0.15) is 12.2 Å². The summed E-state index contributed by atoms with van der Waals surface area (Å²) in [5, 5.41) is 8.17. The van der Waals surface area contributed by atoms with E-state index in [2.05, 4.69) is 4.74 Å². The number of nitriles is 1. The summed E-state index contributed by atoms with van der Waals surface area (Å²) in [4.78, 5) is 11.1. The van der Waals surface area contributed by atoms with E-state index in [0.29, 0.717) is 0 Å². The zero-order valence-electron chi connectivity index (χ0n) is 8.46. The number of hydrogen-bond donors (Lipinski definition) is 0. The van der Waals surface area contributed by atoms with Crippen LogP contribution >= 0.6 is 0 Å². The molecule has 0 aliphatic carbocycles. The smallest absolute Gasteiger partial charge is 0.334 e. The molecule has 0 saturated carbocycles. The Bertz CT molecular complexity index is 216. The van der Waals surface area contributed by atoms with Crippen molar-refractivity contribution >= 4 is 14.3 Å². The van der Waals surface area contributed by atoms with Crippen LogP contribution in [0, 0.1) is 11.3 Å². The van der Waals surface area contributed by atoms with Gasteiger partial charge in [0.15, 0.2) is 14.9 Å². The molecule has 1 unspecified atom stereocenters. The highest BCUT2D eigenvalue weighted by molar-refractivity contribution is 6.69. The fourth-order valence-electron chi connectivity index (χ4n) is 0.799. The van der Waals surface area contributed by atoms with Crippen molar-refractivity contribution in [2.24, 2.45) is 0 Å². The lowest BCUT2D eigenvalue weighted by Crippen LogP contribution is -2.35. The molecule has 0 aromatic carbocycles. The predicted molar refractivity (Wildman–Crippen MR) is 50.5 cm³/mol. The first kappa shape index (κ1) is 12.1. The van der Waals surface area contributed by atoms with Crippen LogP contribution in [-0.4, -0.2) is 27.0 Å². The normalized spacial score (nSPS) is 13.2. The molecule has 74 valence electrons. The average molecular weight is 201 g/mol. The lowest BCUT2D eigenvalue weighted by molar-refractivity contribution is -0.150. The molecular weight excluding hydrogens is 186 g/mol. The van der Waals surface area contributed by atoms with Crippen molar-refractivity contribution in [1.29, 1.82) is 5.26 Å². The SMILES string of the molecule is CC(O[Si](C)(C)C)C(=O)OCC#N. The highest BCUT2D eigenvalue weighted by atomic mass is 28.4. The zero-order valence-corrected chi connectivity index (χ0v) is 9.46. The molecular formula is C8H15NO3Si. The fourth-order valence-corrected chi connectivity index (χ4v) is 1.96. The molecule has 0 fully saturated rings. The van der Waals surface area contributed by atoms with E-state index in [1.54, 1.807) is 13.0 Å². The quantitative estimate of drug-likeness (QED) is 0.508. The van der Waals surface area contributed by atoms with E-state index in [0.717, 1.165) is 0 Å². The van der Waals surface area contributed by atoms with Crippen LogP contribution in [0.4, 0.5) is 0 Å². The van der Waals surface area contributed by atoms with E-state index in [1.807, 2.05) is 19.6 Å². The highest BCUT2D eigenvalue weighted by Gasteiger charge is 2.23. The molecule has 0 aliphatic rings. The maximum atomic E-state index is 11.1. The molecule has 1 atom stereocenters. The Hall–Kier alpha value is -0.863. The maximum Gasteiger partial charge on any atom is 0.334 e. The third-order valence-electron chi connectivity index (χ3n) is 1.14. The van der Waals surface area contributed by atoms with Gasteiger partial charge in [0.2, 0.25) is 0 Å². The van der Waals surface area contributed by atoms with Gasteiger partial charge in [-0.05, 0) is 26.6 Å². The van der Waals surface area contributed by atoms with Crippen molar-refractivity contribution in [3.8, 4) is 6.07 Å². The number of carbonyl (C=O) groups is 1. The van der Waals surface area contributed by atoms with Crippen molar-refractivity contribution in [2.45, 2.75) is 32.7 Å². The molecule has 0 spiro atoms. The molecule has 0 N–H and O–H groups in total. The summed E-state index contributed by atoms with van der Waals surface area (Å²) >= 11 is 0. The van der Waals surface area contributed by atoms with Crippen LogP contribution in [0.2, 0.25) is 19.6 Å². The minimum absolute atomic E-state index is 0.210. The summed E-state index contributed by atoms with van der Waals surface area (Å²) in [7, 11) is -1.71. The second kappa shape index (κ2) is 4.99. The molecule has 0 saturated heterocycles. The standard InChI is InChI=1S/C8H15NO3Si/c1-7(12-13(2,3)4)8(10)11-6-5-9/h7H,6H2,1-4H3. The molecule has 4 nitrogen and oxygen atoms in total. The van der Waals surface area contributed by atoms with Gasteiger partial charge in [0, 0.05) is 0 Å². The first-order valence-corrected chi connectivity index (χ1v) is 7.49. The monoisotopic (exact) mass is 201 g/mol. The Morgan fingerprint density at radius 2 is 2.08 bits per heavy atom. The Morgan fingerprint density at radius 1 is 1.54 bits per heavy atom. The molecule has 5 heteroatoms. The van der Waals surface area contributed by atoms with Gasteiger partial charge < -0.3 is 9.16 Å². The number of ether oxygens (including phenoxy) is 1. The molecule has 0 amide bonds. The van der Waals surface area contributed by atoms with Crippen LogP contribution in [0.3, 0.4) is 0 Å². The van der Waals surface area contributed by atoms with Gasteiger partial charge in [-0.3, -0.25) is 0 Å². The molecule has 13 heavy (non-hydrogen) atoms. The highest BCUT2D eigenvalue weighted by Crippen LogP contribution is 2.07. The van der Waals surface area contributed by atoms with E-state index in [1.165, 1.54) is 0 Å². The van der Waals surface area contributed by atoms with Crippen LogP contribution in [0.5, 0.6) is 0 Å². The van der Waals surface area contributed by atoms with Crippen LogP contribution < -0.4 is 0 Å². The molecule has 0 bridgehead atoms. The Balaban J connectivity index is 3.91. The van der Waals surface area contributed by atoms with Gasteiger partial charge in [0.25, 0.3) is 0 Å². The minimum Gasteiger partial charge on any atom is -0.448 e. The zero-order chi connectivity index (χ0) is 10.5. The predicted octanol–water partition coefficient (Wildman–Crippen LogP) is 1.29. The third-order valence-corrected chi connectivity index (χ3v) is 2.20.